The van der Waals surface area contributed by atoms with Crippen LogP contribution >= 0.6 is 0 Å². The summed E-state index contributed by atoms with van der Waals surface area (Å²) >= 11 is 0. The van der Waals surface area contributed by atoms with Crippen molar-refractivity contribution < 1.29 is 9.53 Å². The molecule has 2 atom stereocenters. The fraction of sp³-hybridized carbons (Fsp3) is 0.625. The molecule has 0 aliphatic carbocycles. The quantitative estimate of drug-likeness (QED) is 0.257. The van der Waals surface area contributed by atoms with Crippen molar-refractivity contribution >= 4 is 23.1 Å². The number of rotatable bonds is 12. The van der Waals surface area contributed by atoms with Crippen LogP contribution in [-0.4, -0.2) is 79.7 Å². The summed E-state index contributed by atoms with van der Waals surface area (Å²) in [6, 6.07) is 10.9. The van der Waals surface area contributed by atoms with Gasteiger partial charge in [-0.2, -0.15) is 4.98 Å². The van der Waals surface area contributed by atoms with E-state index >= 15 is 0 Å². The second kappa shape index (κ2) is 14.2. The lowest BCUT2D eigenvalue weighted by Gasteiger charge is -2.37. The van der Waals surface area contributed by atoms with Gasteiger partial charge in [-0.05, 0) is 80.0 Å². The zero-order valence-electron chi connectivity index (χ0n) is 25.0. The highest BCUT2D eigenvalue weighted by Gasteiger charge is 2.27. The van der Waals surface area contributed by atoms with E-state index in [-0.39, 0.29) is 0 Å². The Labute approximate surface area is 245 Å². The Kier molecular flexibility index (Phi) is 10.2. The number of hydrogen-bond acceptors (Lipinski definition) is 8. The maximum atomic E-state index is 12.5. The highest BCUT2D eigenvalue weighted by Crippen LogP contribution is 2.31. The van der Waals surface area contributed by atoms with E-state index in [2.05, 4.69) is 58.7 Å². The van der Waals surface area contributed by atoms with Gasteiger partial charge in [0.05, 0.1) is 12.3 Å². The summed E-state index contributed by atoms with van der Waals surface area (Å²) in [5.41, 5.74) is 7.64. The number of nitrogen functional groups attached to an aromatic ring is 1. The molecule has 0 radical (unpaired) electrons. The van der Waals surface area contributed by atoms with Crippen LogP contribution in [0.2, 0.25) is 0 Å². The summed E-state index contributed by atoms with van der Waals surface area (Å²) in [6.45, 7) is 12.6. The number of likely N-dealkylation sites (tertiary alicyclic amines) is 1. The van der Waals surface area contributed by atoms with Crippen LogP contribution in [-0.2, 0) is 11.2 Å². The third-order valence-corrected chi connectivity index (χ3v) is 9.00. The first kappa shape index (κ1) is 29.5. The predicted octanol–water partition coefficient (Wildman–Crippen LogP) is 4.46. The van der Waals surface area contributed by atoms with Crippen LogP contribution in [0.25, 0.3) is 0 Å². The molecule has 0 unspecified atom stereocenters. The number of carbonyl (C=O) groups excluding carboxylic acids is 1. The molecule has 4 N–H and O–H groups in total. The number of fused-ring (bicyclic) bond motifs is 1. The molecular formula is C32H49N7O2. The Morgan fingerprint density at radius 2 is 2.02 bits per heavy atom. The average molecular weight is 564 g/mol. The first-order chi connectivity index (χ1) is 20.1. The standard InChI is InChI=1S/C32H49N7O2/c1-3-5-8-31(40)39-16-14-38(15-17-39)29-19-27(18-28(20-29)36-33)25(4-2)22-37-13-11-24(21-37)23-41-30-10-9-26-7-6-12-34-32(26)35-30/h9-10,18-20,24-25,36H,3-8,11-17,21-23,33H2,1-2H3,(H,34,35)/t24-,25-/m1/s1. The van der Waals surface area contributed by atoms with Gasteiger partial charge in [-0.15, -0.1) is 0 Å². The second-order valence-corrected chi connectivity index (χ2v) is 11.9. The predicted molar refractivity (Wildman–Crippen MR) is 167 cm³/mol. The maximum absolute atomic E-state index is 12.5. The third-order valence-electron chi connectivity index (χ3n) is 9.00. The highest BCUT2D eigenvalue weighted by molar-refractivity contribution is 5.76. The molecule has 3 aliphatic rings. The molecule has 9 heteroatoms. The van der Waals surface area contributed by atoms with E-state index in [0.29, 0.717) is 30.8 Å². The largest absolute Gasteiger partial charge is 0.477 e. The van der Waals surface area contributed by atoms with Crippen LogP contribution < -0.4 is 26.2 Å². The number of unbranched alkanes of at least 4 members (excludes halogenated alkanes) is 1. The van der Waals surface area contributed by atoms with Gasteiger partial charge in [0.2, 0.25) is 11.8 Å². The molecule has 1 amide bonds. The molecule has 1 aromatic carbocycles. The summed E-state index contributed by atoms with van der Waals surface area (Å²) in [4.78, 5) is 24.2. The topological polar surface area (TPSA) is 99.0 Å². The number of anilines is 3. The SMILES string of the molecule is CCCCC(=O)N1CCN(c2cc(NN)cc([C@H](CC)CN3CC[C@@H](COc4ccc5c(n4)NCCC5)C3)c2)CC1. The second-order valence-electron chi connectivity index (χ2n) is 11.9. The first-order valence-corrected chi connectivity index (χ1v) is 15.8. The number of piperazine rings is 1. The van der Waals surface area contributed by atoms with E-state index in [1.807, 2.05) is 11.0 Å². The first-order valence-electron chi connectivity index (χ1n) is 15.8. The number of hydrazine groups is 1. The van der Waals surface area contributed by atoms with Crippen LogP contribution in [0.5, 0.6) is 5.88 Å². The number of hydrogen-bond donors (Lipinski definition) is 3. The van der Waals surface area contributed by atoms with Gasteiger partial charge >= 0.3 is 0 Å². The molecule has 224 valence electrons. The van der Waals surface area contributed by atoms with E-state index in [9.17, 15) is 4.79 Å². The molecule has 2 saturated heterocycles. The number of ether oxygens (including phenoxy) is 1. The highest BCUT2D eigenvalue weighted by atomic mass is 16.5. The number of aromatic nitrogens is 1. The molecule has 3 aliphatic heterocycles. The van der Waals surface area contributed by atoms with Crippen molar-refractivity contribution in [3.05, 3.63) is 41.5 Å². The van der Waals surface area contributed by atoms with Crippen LogP contribution in [0.4, 0.5) is 17.2 Å². The Bertz CT molecular complexity index is 1150. The van der Waals surface area contributed by atoms with E-state index in [4.69, 9.17) is 15.6 Å². The van der Waals surface area contributed by atoms with E-state index < -0.39 is 0 Å². The molecule has 41 heavy (non-hydrogen) atoms. The molecular weight excluding hydrogens is 514 g/mol. The summed E-state index contributed by atoms with van der Waals surface area (Å²) in [7, 11) is 0. The van der Waals surface area contributed by atoms with Crippen molar-refractivity contribution in [1.82, 2.24) is 14.8 Å². The number of pyridine rings is 1. The van der Waals surface area contributed by atoms with Gasteiger partial charge in [0.25, 0.3) is 0 Å². The average Bonchev–Trinajstić information content (AvgIpc) is 3.48. The minimum Gasteiger partial charge on any atom is -0.477 e. The lowest BCUT2D eigenvalue weighted by Crippen LogP contribution is -2.48. The number of nitrogens with two attached hydrogens (primary N) is 1. The maximum Gasteiger partial charge on any atom is 0.222 e. The van der Waals surface area contributed by atoms with Crippen molar-refractivity contribution in [3.8, 4) is 5.88 Å². The summed E-state index contributed by atoms with van der Waals surface area (Å²) in [5.74, 6) is 8.86. The Hall–Kier alpha value is -3.04. The molecule has 0 spiro atoms. The number of carbonyl (C=O) groups is 1. The van der Waals surface area contributed by atoms with Gasteiger partial charge < -0.3 is 30.2 Å². The van der Waals surface area contributed by atoms with Crippen molar-refractivity contribution in [2.24, 2.45) is 11.8 Å². The molecule has 2 fully saturated rings. The number of amides is 1. The molecule has 2 aromatic rings. The third kappa shape index (κ3) is 7.63. The van der Waals surface area contributed by atoms with E-state index in [0.717, 1.165) is 108 Å². The van der Waals surface area contributed by atoms with Crippen LogP contribution in [0.1, 0.15) is 69.4 Å². The van der Waals surface area contributed by atoms with E-state index in [1.54, 1.807) is 0 Å². The van der Waals surface area contributed by atoms with Gasteiger partial charge in [-0.3, -0.25) is 10.6 Å². The molecule has 5 rings (SSSR count). The van der Waals surface area contributed by atoms with Crippen molar-refractivity contribution in [2.45, 2.75) is 64.7 Å². The lowest BCUT2D eigenvalue weighted by atomic mass is 9.94. The summed E-state index contributed by atoms with van der Waals surface area (Å²) in [5, 5.41) is 3.40. The minimum atomic E-state index is 0.292. The zero-order valence-corrected chi connectivity index (χ0v) is 25.0. The monoisotopic (exact) mass is 563 g/mol. The fourth-order valence-corrected chi connectivity index (χ4v) is 6.43. The molecule has 9 nitrogen and oxygen atoms in total. The number of nitrogens with one attached hydrogen (secondary N) is 2. The van der Waals surface area contributed by atoms with Crippen molar-refractivity contribution in [2.75, 3.05) is 74.6 Å². The van der Waals surface area contributed by atoms with Gasteiger partial charge in [0.1, 0.15) is 5.82 Å². The number of nitrogens with zero attached hydrogens (tertiary/aromatic N) is 4. The molecule has 1 aromatic heterocycles. The zero-order chi connectivity index (χ0) is 28.6. The summed E-state index contributed by atoms with van der Waals surface area (Å²) in [6.07, 6.45) is 7.17. The van der Waals surface area contributed by atoms with Crippen molar-refractivity contribution in [1.29, 1.82) is 0 Å². The Balaban J connectivity index is 1.15. The summed E-state index contributed by atoms with van der Waals surface area (Å²) < 4.78 is 6.15. The van der Waals surface area contributed by atoms with Crippen LogP contribution in [0, 0.1) is 5.92 Å². The number of benzene rings is 1. The molecule has 0 saturated carbocycles. The Morgan fingerprint density at radius 1 is 1.17 bits per heavy atom. The van der Waals surface area contributed by atoms with Gasteiger partial charge in [0, 0.05) is 69.9 Å². The van der Waals surface area contributed by atoms with Crippen LogP contribution in [0.3, 0.4) is 0 Å². The molecule has 0 bridgehead atoms. The normalized spacial score (nSPS) is 19.9. The lowest BCUT2D eigenvalue weighted by molar-refractivity contribution is -0.131. The van der Waals surface area contributed by atoms with E-state index in [1.165, 1.54) is 16.8 Å². The van der Waals surface area contributed by atoms with Gasteiger partial charge in [-0.1, -0.05) is 20.3 Å². The minimum absolute atomic E-state index is 0.292. The Morgan fingerprint density at radius 3 is 2.80 bits per heavy atom. The van der Waals surface area contributed by atoms with Crippen LogP contribution in [0.15, 0.2) is 30.3 Å². The van der Waals surface area contributed by atoms with Gasteiger partial charge in [-0.25, -0.2) is 0 Å². The number of aryl methyl sites for hydroxylation is 1. The fourth-order valence-electron chi connectivity index (χ4n) is 6.43. The van der Waals surface area contributed by atoms with Gasteiger partial charge in [0.15, 0.2) is 0 Å². The smallest absolute Gasteiger partial charge is 0.222 e. The molecule has 4 heterocycles. The van der Waals surface area contributed by atoms with Crippen molar-refractivity contribution in [3.63, 3.8) is 0 Å².